The van der Waals surface area contributed by atoms with E-state index in [9.17, 15) is 0 Å². The third-order valence-electron chi connectivity index (χ3n) is 3.77. The van der Waals surface area contributed by atoms with Gasteiger partial charge in [-0.1, -0.05) is 13.3 Å². The number of tetrazole rings is 1. The first-order chi connectivity index (χ1) is 9.77. The number of methoxy groups -OCH3 is 1. The topological polar surface area (TPSA) is 64.9 Å². The lowest BCUT2D eigenvalue weighted by molar-refractivity contribution is 0.195. The normalized spacial score (nSPS) is 24.1. The second-order valence-corrected chi connectivity index (χ2v) is 6.66. The zero-order valence-corrected chi connectivity index (χ0v) is 13.4. The van der Waals surface area contributed by atoms with E-state index in [1.165, 1.54) is 19.3 Å². The molecule has 0 aliphatic heterocycles. The van der Waals surface area contributed by atoms with Gasteiger partial charge in [0.1, 0.15) is 0 Å². The maximum Gasteiger partial charge on any atom is 0.168 e. The Hall–Kier alpha value is -0.660. The van der Waals surface area contributed by atoms with Crippen LogP contribution in [0.15, 0.2) is 0 Å². The summed E-state index contributed by atoms with van der Waals surface area (Å²) in [5.41, 5.74) is 0. The Labute approximate surface area is 125 Å². The largest absolute Gasteiger partial charge is 0.383 e. The molecule has 1 fully saturated rings. The zero-order valence-electron chi connectivity index (χ0n) is 12.6. The Morgan fingerprint density at radius 3 is 3.10 bits per heavy atom. The molecule has 0 amide bonds. The van der Waals surface area contributed by atoms with E-state index in [2.05, 4.69) is 34.7 Å². The van der Waals surface area contributed by atoms with E-state index in [4.69, 9.17) is 4.74 Å². The lowest BCUT2D eigenvalue weighted by Crippen LogP contribution is -2.28. The molecule has 7 heteroatoms. The van der Waals surface area contributed by atoms with Crippen LogP contribution in [0.2, 0.25) is 0 Å². The first-order valence-corrected chi connectivity index (χ1v) is 8.44. The third-order valence-corrected chi connectivity index (χ3v) is 5.09. The van der Waals surface area contributed by atoms with Gasteiger partial charge < -0.3 is 10.1 Å². The third kappa shape index (κ3) is 3.71. The van der Waals surface area contributed by atoms with Gasteiger partial charge in [-0.25, -0.2) is 4.68 Å². The van der Waals surface area contributed by atoms with Crippen molar-refractivity contribution < 1.29 is 4.74 Å². The van der Waals surface area contributed by atoms with Crippen LogP contribution in [0.5, 0.6) is 0 Å². The Morgan fingerprint density at radius 2 is 2.35 bits per heavy atom. The molecule has 1 aliphatic rings. The second-order valence-electron chi connectivity index (χ2n) is 5.14. The summed E-state index contributed by atoms with van der Waals surface area (Å²) < 4.78 is 7.11. The summed E-state index contributed by atoms with van der Waals surface area (Å²) in [4.78, 5) is 0. The van der Waals surface area contributed by atoms with E-state index in [0.717, 1.165) is 18.1 Å². The summed E-state index contributed by atoms with van der Waals surface area (Å²) >= 11 is 2.03. The van der Waals surface area contributed by atoms with E-state index in [-0.39, 0.29) is 6.04 Å². The highest BCUT2D eigenvalue weighted by atomic mass is 32.2. The van der Waals surface area contributed by atoms with E-state index in [0.29, 0.717) is 17.9 Å². The van der Waals surface area contributed by atoms with E-state index in [1.54, 1.807) is 7.11 Å². The number of nitrogens with one attached hydrogen (secondary N) is 1. The van der Waals surface area contributed by atoms with Crippen LogP contribution in [0, 0.1) is 0 Å². The van der Waals surface area contributed by atoms with Gasteiger partial charge in [-0.05, 0) is 35.9 Å². The van der Waals surface area contributed by atoms with Gasteiger partial charge in [0.15, 0.2) is 5.82 Å². The standard InChI is InChI=1S/C13H25N5OS/c1-4-20-12-7-5-6-11(12)18-13(15-16-17-18)10(2)14-8-9-19-3/h10-12,14H,4-9H2,1-3H3. The minimum atomic E-state index is 0.146. The number of ether oxygens (including phenoxy) is 1. The van der Waals surface area contributed by atoms with Crippen LogP contribution in [-0.4, -0.2) is 51.5 Å². The Balaban J connectivity index is 2.03. The van der Waals surface area contributed by atoms with Crippen LogP contribution < -0.4 is 5.32 Å². The van der Waals surface area contributed by atoms with Crippen molar-refractivity contribution in [1.29, 1.82) is 0 Å². The fraction of sp³-hybridized carbons (Fsp3) is 0.923. The first kappa shape index (κ1) is 15.7. The number of aromatic nitrogens is 4. The highest BCUT2D eigenvalue weighted by Gasteiger charge is 2.32. The van der Waals surface area contributed by atoms with Gasteiger partial charge in [0.05, 0.1) is 18.7 Å². The lowest BCUT2D eigenvalue weighted by atomic mass is 10.2. The van der Waals surface area contributed by atoms with E-state index < -0.39 is 0 Å². The molecule has 6 nitrogen and oxygen atoms in total. The highest BCUT2D eigenvalue weighted by molar-refractivity contribution is 7.99. The van der Waals surface area contributed by atoms with E-state index in [1.807, 2.05) is 16.4 Å². The molecule has 114 valence electrons. The van der Waals surface area contributed by atoms with Gasteiger partial charge in [0.25, 0.3) is 0 Å². The summed E-state index contributed by atoms with van der Waals surface area (Å²) in [5, 5.41) is 16.4. The molecule has 0 spiro atoms. The summed E-state index contributed by atoms with van der Waals surface area (Å²) in [6.07, 6.45) is 3.72. The van der Waals surface area contributed by atoms with Crippen LogP contribution in [0.1, 0.15) is 51.0 Å². The van der Waals surface area contributed by atoms with Crippen molar-refractivity contribution in [1.82, 2.24) is 25.5 Å². The Morgan fingerprint density at radius 1 is 1.50 bits per heavy atom. The van der Waals surface area contributed by atoms with Crippen molar-refractivity contribution in [2.24, 2.45) is 0 Å². The minimum Gasteiger partial charge on any atom is -0.383 e. The smallest absolute Gasteiger partial charge is 0.168 e. The molecular weight excluding hydrogens is 274 g/mol. The molecular formula is C13H25N5OS. The molecule has 1 aromatic rings. The SMILES string of the molecule is CCSC1CCCC1n1nnnc1C(C)NCCOC. The summed E-state index contributed by atoms with van der Waals surface area (Å²) in [5.74, 6) is 2.09. The van der Waals surface area contributed by atoms with Crippen LogP contribution in [0.25, 0.3) is 0 Å². The van der Waals surface area contributed by atoms with Crippen molar-refractivity contribution in [3.8, 4) is 0 Å². The molecule has 1 saturated carbocycles. The number of hydrogen-bond acceptors (Lipinski definition) is 6. The number of hydrogen-bond donors (Lipinski definition) is 1. The molecule has 1 N–H and O–H groups in total. The molecule has 0 bridgehead atoms. The van der Waals surface area contributed by atoms with Crippen LogP contribution in [0.3, 0.4) is 0 Å². The molecule has 1 aromatic heterocycles. The summed E-state index contributed by atoms with van der Waals surface area (Å²) in [7, 11) is 1.71. The molecule has 20 heavy (non-hydrogen) atoms. The molecule has 2 rings (SSSR count). The fourth-order valence-electron chi connectivity index (χ4n) is 2.79. The lowest BCUT2D eigenvalue weighted by Gasteiger charge is -2.22. The van der Waals surface area contributed by atoms with Crippen molar-refractivity contribution in [3.63, 3.8) is 0 Å². The van der Waals surface area contributed by atoms with Crippen LogP contribution >= 0.6 is 11.8 Å². The summed E-state index contributed by atoms with van der Waals surface area (Å²) in [6, 6.07) is 0.588. The molecule has 0 radical (unpaired) electrons. The van der Waals surface area contributed by atoms with Gasteiger partial charge in [0.2, 0.25) is 0 Å². The molecule has 1 aliphatic carbocycles. The van der Waals surface area contributed by atoms with Gasteiger partial charge in [-0.2, -0.15) is 11.8 Å². The van der Waals surface area contributed by atoms with Gasteiger partial charge in [-0.15, -0.1) is 5.10 Å². The predicted molar refractivity (Wildman–Crippen MR) is 80.9 cm³/mol. The Bertz CT molecular complexity index is 400. The average Bonchev–Trinajstić information content (AvgIpc) is 3.07. The van der Waals surface area contributed by atoms with Gasteiger partial charge >= 0.3 is 0 Å². The fourth-order valence-corrected chi connectivity index (χ4v) is 4.02. The molecule has 0 saturated heterocycles. The van der Waals surface area contributed by atoms with Crippen molar-refractivity contribution in [2.75, 3.05) is 26.0 Å². The number of nitrogens with zero attached hydrogens (tertiary/aromatic N) is 4. The quantitative estimate of drug-likeness (QED) is 0.739. The van der Waals surface area contributed by atoms with Crippen molar-refractivity contribution in [3.05, 3.63) is 5.82 Å². The molecule has 1 heterocycles. The predicted octanol–water partition coefficient (Wildman–Crippen LogP) is 1.82. The average molecular weight is 299 g/mol. The Kier molecular flexibility index (Phi) is 6.25. The molecule has 0 aromatic carbocycles. The van der Waals surface area contributed by atoms with Gasteiger partial charge in [0, 0.05) is 18.9 Å². The number of rotatable bonds is 8. The van der Waals surface area contributed by atoms with Crippen molar-refractivity contribution >= 4 is 11.8 Å². The zero-order chi connectivity index (χ0) is 14.4. The van der Waals surface area contributed by atoms with Crippen LogP contribution in [0.4, 0.5) is 0 Å². The van der Waals surface area contributed by atoms with Gasteiger partial charge in [-0.3, -0.25) is 0 Å². The monoisotopic (exact) mass is 299 g/mol. The number of thioether (sulfide) groups is 1. The molecule has 3 atom stereocenters. The van der Waals surface area contributed by atoms with E-state index >= 15 is 0 Å². The highest BCUT2D eigenvalue weighted by Crippen LogP contribution is 2.38. The first-order valence-electron chi connectivity index (χ1n) is 7.39. The van der Waals surface area contributed by atoms with Crippen LogP contribution in [-0.2, 0) is 4.74 Å². The van der Waals surface area contributed by atoms with Crippen molar-refractivity contribution in [2.45, 2.75) is 50.4 Å². The maximum absolute atomic E-state index is 5.06. The molecule has 3 unspecified atom stereocenters. The minimum absolute atomic E-state index is 0.146. The summed E-state index contributed by atoms with van der Waals surface area (Å²) in [6.45, 7) is 5.83. The maximum atomic E-state index is 5.06. The second kappa shape index (κ2) is 7.95.